The minimum atomic E-state index is -0.622. The molecule has 1 heterocycles. The van der Waals surface area contributed by atoms with Crippen molar-refractivity contribution in [1.29, 1.82) is 0 Å². The van der Waals surface area contributed by atoms with Gasteiger partial charge in [-0.05, 0) is 41.5 Å². The van der Waals surface area contributed by atoms with Crippen molar-refractivity contribution in [3.05, 3.63) is 108 Å². The Morgan fingerprint density at radius 2 is 1.53 bits per heavy atom. The number of fused-ring (bicyclic) bond motifs is 3. The lowest BCUT2D eigenvalue weighted by Gasteiger charge is -2.14. The SMILES string of the molecule is OC(CNCCOc1ccc2c(c1)[nH]c1ccccc12)c1cccc(OCc2ccccc2)c1. The first-order chi connectivity index (χ1) is 16.8. The Morgan fingerprint density at radius 3 is 2.44 bits per heavy atom. The minimum Gasteiger partial charge on any atom is -0.492 e. The molecule has 0 saturated heterocycles. The maximum absolute atomic E-state index is 10.6. The normalized spacial score (nSPS) is 12.1. The van der Waals surface area contributed by atoms with E-state index in [-0.39, 0.29) is 0 Å². The number of aliphatic hydroxyl groups excluding tert-OH is 1. The van der Waals surface area contributed by atoms with Crippen LogP contribution in [0.5, 0.6) is 11.5 Å². The lowest BCUT2D eigenvalue weighted by atomic mass is 10.1. The van der Waals surface area contributed by atoms with Crippen LogP contribution in [0.1, 0.15) is 17.2 Å². The molecule has 0 aliphatic carbocycles. The third-order valence-electron chi connectivity index (χ3n) is 5.85. The largest absolute Gasteiger partial charge is 0.492 e. The summed E-state index contributed by atoms with van der Waals surface area (Å²) in [6, 6.07) is 32.1. The summed E-state index contributed by atoms with van der Waals surface area (Å²) in [5, 5.41) is 16.2. The molecule has 0 aliphatic rings. The molecular formula is C29H28N2O3. The van der Waals surface area contributed by atoms with Gasteiger partial charge in [-0.25, -0.2) is 0 Å². The molecule has 0 bridgehead atoms. The summed E-state index contributed by atoms with van der Waals surface area (Å²) < 4.78 is 11.8. The summed E-state index contributed by atoms with van der Waals surface area (Å²) >= 11 is 0. The number of nitrogens with one attached hydrogen (secondary N) is 2. The maximum atomic E-state index is 10.6. The number of rotatable bonds is 10. The Labute approximate surface area is 199 Å². The van der Waals surface area contributed by atoms with E-state index in [9.17, 15) is 5.11 Å². The number of benzene rings is 4. The summed E-state index contributed by atoms with van der Waals surface area (Å²) in [4.78, 5) is 3.44. The van der Waals surface area contributed by atoms with Crippen molar-refractivity contribution in [3.63, 3.8) is 0 Å². The highest BCUT2D eigenvalue weighted by molar-refractivity contribution is 6.07. The molecule has 1 aromatic heterocycles. The second-order valence-electron chi connectivity index (χ2n) is 8.29. The number of para-hydroxylation sites is 1. The van der Waals surface area contributed by atoms with Gasteiger partial charge in [0.25, 0.3) is 0 Å². The average Bonchev–Trinajstić information content (AvgIpc) is 3.26. The van der Waals surface area contributed by atoms with Crippen LogP contribution in [0, 0.1) is 0 Å². The van der Waals surface area contributed by atoms with E-state index in [1.165, 1.54) is 10.8 Å². The van der Waals surface area contributed by atoms with Crippen LogP contribution in [0.25, 0.3) is 21.8 Å². The van der Waals surface area contributed by atoms with Gasteiger partial charge in [-0.15, -0.1) is 0 Å². The fourth-order valence-electron chi connectivity index (χ4n) is 4.07. The third-order valence-corrected chi connectivity index (χ3v) is 5.85. The van der Waals surface area contributed by atoms with Crippen LogP contribution in [0.4, 0.5) is 0 Å². The molecule has 5 heteroatoms. The van der Waals surface area contributed by atoms with Gasteiger partial charge in [0.05, 0.1) is 11.6 Å². The summed E-state index contributed by atoms with van der Waals surface area (Å²) in [5.41, 5.74) is 4.12. The van der Waals surface area contributed by atoms with Gasteiger partial charge in [-0.3, -0.25) is 0 Å². The van der Waals surface area contributed by atoms with Gasteiger partial charge >= 0.3 is 0 Å². The number of hydrogen-bond donors (Lipinski definition) is 3. The van der Waals surface area contributed by atoms with Crippen LogP contribution in [0.15, 0.2) is 97.1 Å². The first-order valence-electron chi connectivity index (χ1n) is 11.5. The summed E-state index contributed by atoms with van der Waals surface area (Å²) in [6.07, 6.45) is -0.622. The Kier molecular flexibility index (Phi) is 6.75. The third kappa shape index (κ3) is 5.22. The fourth-order valence-corrected chi connectivity index (χ4v) is 4.07. The number of aliphatic hydroxyl groups is 1. The molecule has 5 nitrogen and oxygen atoms in total. The van der Waals surface area contributed by atoms with Gasteiger partial charge in [-0.2, -0.15) is 0 Å². The molecule has 0 fully saturated rings. The topological polar surface area (TPSA) is 66.5 Å². The zero-order valence-corrected chi connectivity index (χ0v) is 18.9. The van der Waals surface area contributed by atoms with Crippen LogP contribution in [-0.4, -0.2) is 29.8 Å². The van der Waals surface area contributed by atoms with Crippen LogP contribution < -0.4 is 14.8 Å². The first-order valence-corrected chi connectivity index (χ1v) is 11.5. The average molecular weight is 453 g/mol. The van der Waals surface area contributed by atoms with Gasteiger partial charge in [0, 0.05) is 35.4 Å². The van der Waals surface area contributed by atoms with Gasteiger partial charge in [0.2, 0.25) is 0 Å². The Balaban J connectivity index is 1.08. The van der Waals surface area contributed by atoms with Gasteiger partial charge in [0.1, 0.15) is 24.7 Å². The molecule has 3 N–H and O–H groups in total. The van der Waals surface area contributed by atoms with Crippen molar-refractivity contribution in [1.82, 2.24) is 10.3 Å². The molecule has 0 spiro atoms. The van der Waals surface area contributed by atoms with Gasteiger partial charge in [0.15, 0.2) is 0 Å². The minimum absolute atomic E-state index is 0.437. The number of ether oxygens (including phenoxy) is 2. The van der Waals surface area contributed by atoms with Crippen LogP contribution in [-0.2, 0) is 6.61 Å². The van der Waals surface area contributed by atoms with Gasteiger partial charge < -0.3 is 24.9 Å². The molecule has 34 heavy (non-hydrogen) atoms. The molecule has 1 unspecified atom stereocenters. The quantitative estimate of drug-likeness (QED) is 0.241. The highest BCUT2D eigenvalue weighted by atomic mass is 16.5. The summed E-state index contributed by atoms with van der Waals surface area (Å²) in [6.45, 7) is 2.08. The van der Waals surface area contributed by atoms with Crippen molar-refractivity contribution in [2.75, 3.05) is 19.7 Å². The van der Waals surface area contributed by atoms with E-state index in [4.69, 9.17) is 9.47 Å². The first kappa shape index (κ1) is 22.0. The molecule has 0 aliphatic heterocycles. The van der Waals surface area contributed by atoms with E-state index in [0.717, 1.165) is 33.7 Å². The van der Waals surface area contributed by atoms with Crippen LogP contribution >= 0.6 is 0 Å². The predicted octanol–water partition coefficient (Wildman–Crippen LogP) is 5.60. The Hall–Kier alpha value is -3.80. The summed E-state index contributed by atoms with van der Waals surface area (Å²) in [5.74, 6) is 1.57. The fraction of sp³-hybridized carbons (Fsp3) is 0.172. The van der Waals surface area contributed by atoms with E-state index in [1.54, 1.807) is 0 Å². The zero-order chi connectivity index (χ0) is 23.2. The molecule has 0 amide bonds. The molecule has 0 radical (unpaired) electrons. The van der Waals surface area contributed by atoms with E-state index >= 15 is 0 Å². The smallest absolute Gasteiger partial charge is 0.121 e. The van der Waals surface area contributed by atoms with E-state index < -0.39 is 6.10 Å². The van der Waals surface area contributed by atoms with Crippen molar-refractivity contribution < 1.29 is 14.6 Å². The van der Waals surface area contributed by atoms with Crippen molar-refractivity contribution in [2.24, 2.45) is 0 Å². The van der Waals surface area contributed by atoms with Crippen molar-refractivity contribution >= 4 is 21.8 Å². The Morgan fingerprint density at radius 1 is 0.735 bits per heavy atom. The molecule has 172 valence electrons. The molecule has 5 rings (SSSR count). The number of aromatic amines is 1. The van der Waals surface area contributed by atoms with Crippen molar-refractivity contribution in [3.8, 4) is 11.5 Å². The molecule has 5 aromatic rings. The summed E-state index contributed by atoms with van der Waals surface area (Å²) in [7, 11) is 0. The second-order valence-corrected chi connectivity index (χ2v) is 8.29. The lowest BCUT2D eigenvalue weighted by molar-refractivity contribution is 0.171. The highest BCUT2D eigenvalue weighted by Gasteiger charge is 2.09. The number of H-pyrrole nitrogens is 1. The van der Waals surface area contributed by atoms with Gasteiger partial charge in [-0.1, -0.05) is 60.7 Å². The monoisotopic (exact) mass is 452 g/mol. The van der Waals surface area contributed by atoms with Crippen LogP contribution in [0.2, 0.25) is 0 Å². The zero-order valence-electron chi connectivity index (χ0n) is 18.9. The van der Waals surface area contributed by atoms with Crippen LogP contribution in [0.3, 0.4) is 0 Å². The molecule has 1 atom stereocenters. The number of aromatic nitrogens is 1. The molecule has 4 aromatic carbocycles. The second kappa shape index (κ2) is 10.4. The standard InChI is InChI=1S/C29H28N2O3/c32-29(22-9-6-10-23(17-22)34-20-21-7-2-1-3-8-21)19-30-15-16-33-24-13-14-26-25-11-4-5-12-27(25)31-28(26)18-24/h1-14,17-18,29-32H,15-16,19-20H2. The highest BCUT2D eigenvalue weighted by Crippen LogP contribution is 2.28. The molecular weight excluding hydrogens is 424 g/mol. The molecule has 0 saturated carbocycles. The van der Waals surface area contributed by atoms with E-state index in [0.29, 0.717) is 26.3 Å². The lowest BCUT2D eigenvalue weighted by Crippen LogP contribution is -2.26. The Bertz CT molecular complexity index is 1360. The van der Waals surface area contributed by atoms with E-state index in [2.05, 4.69) is 28.5 Å². The van der Waals surface area contributed by atoms with E-state index in [1.807, 2.05) is 78.9 Å². The van der Waals surface area contributed by atoms with Crippen molar-refractivity contribution in [2.45, 2.75) is 12.7 Å². The predicted molar refractivity (Wildman–Crippen MR) is 136 cm³/mol. The number of hydrogen-bond acceptors (Lipinski definition) is 4. The maximum Gasteiger partial charge on any atom is 0.121 e.